The van der Waals surface area contributed by atoms with Gasteiger partial charge in [0.1, 0.15) is 5.82 Å². The van der Waals surface area contributed by atoms with Gasteiger partial charge in [-0.05, 0) is 44.2 Å². The van der Waals surface area contributed by atoms with Crippen LogP contribution in [0.2, 0.25) is 0 Å². The van der Waals surface area contributed by atoms with Crippen molar-refractivity contribution < 1.29 is 0 Å². The van der Waals surface area contributed by atoms with E-state index in [0.29, 0.717) is 11.9 Å². The molecule has 1 aliphatic carbocycles. The number of hydrogen-bond donors (Lipinski definition) is 0. The molecule has 0 amide bonds. The summed E-state index contributed by atoms with van der Waals surface area (Å²) < 4.78 is 2.39. The molecular weight excluding hydrogens is 268 g/mol. The molecule has 3 heteroatoms. The van der Waals surface area contributed by atoms with Crippen molar-refractivity contribution in [2.45, 2.75) is 57.9 Å². The molecule has 1 aliphatic rings. The van der Waals surface area contributed by atoms with Crippen molar-refractivity contribution in [2.75, 3.05) is 0 Å². The van der Waals surface area contributed by atoms with Crippen molar-refractivity contribution >= 4 is 22.6 Å². The zero-order valence-corrected chi connectivity index (χ0v) is 13.2. The van der Waals surface area contributed by atoms with E-state index in [1.165, 1.54) is 43.2 Å². The highest BCUT2D eigenvalue weighted by Crippen LogP contribution is 2.36. The zero-order valence-electron chi connectivity index (χ0n) is 12.4. The van der Waals surface area contributed by atoms with Gasteiger partial charge in [0.2, 0.25) is 0 Å². The van der Waals surface area contributed by atoms with E-state index in [4.69, 9.17) is 16.6 Å². The van der Waals surface area contributed by atoms with Gasteiger partial charge in [0.25, 0.3) is 0 Å². The van der Waals surface area contributed by atoms with E-state index >= 15 is 0 Å². The Morgan fingerprint density at radius 2 is 2.05 bits per heavy atom. The first kappa shape index (κ1) is 13.9. The molecule has 1 heterocycles. The molecule has 1 aromatic carbocycles. The lowest BCUT2D eigenvalue weighted by atomic mass is 9.84. The van der Waals surface area contributed by atoms with E-state index < -0.39 is 0 Å². The first-order valence-electron chi connectivity index (χ1n) is 7.74. The predicted molar refractivity (Wildman–Crippen MR) is 85.3 cm³/mol. The Morgan fingerprint density at radius 1 is 1.30 bits per heavy atom. The molecule has 2 nitrogen and oxygen atoms in total. The molecule has 0 radical (unpaired) electrons. The van der Waals surface area contributed by atoms with Crippen LogP contribution in [0.25, 0.3) is 11.0 Å². The fraction of sp³-hybridized carbons (Fsp3) is 0.588. The first-order valence-corrected chi connectivity index (χ1v) is 8.28. The van der Waals surface area contributed by atoms with Gasteiger partial charge in [0.05, 0.1) is 16.9 Å². The zero-order chi connectivity index (χ0) is 14.1. The van der Waals surface area contributed by atoms with Crippen molar-refractivity contribution in [2.24, 2.45) is 5.92 Å². The maximum absolute atomic E-state index is 6.16. The van der Waals surface area contributed by atoms with Crippen LogP contribution in [0.1, 0.15) is 56.5 Å². The van der Waals surface area contributed by atoms with E-state index in [0.717, 1.165) is 17.3 Å². The first-order chi connectivity index (χ1) is 9.72. The van der Waals surface area contributed by atoms with Crippen molar-refractivity contribution in [1.82, 2.24) is 9.55 Å². The van der Waals surface area contributed by atoms with E-state index in [-0.39, 0.29) is 0 Å². The van der Waals surface area contributed by atoms with Gasteiger partial charge in [-0.1, -0.05) is 31.4 Å². The number of alkyl halides is 1. The molecule has 1 unspecified atom stereocenters. The third-order valence-electron chi connectivity index (χ3n) is 4.85. The quantitative estimate of drug-likeness (QED) is 0.708. The monoisotopic (exact) mass is 290 g/mol. The molecule has 0 aliphatic heterocycles. The number of aromatic nitrogens is 2. The van der Waals surface area contributed by atoms with Gasteiger partial charge < -0.3 is 4.57 Å². The van der Waals surface area contributed by atoms with E-state index in [1.807, 2.05) is 0 Å². The number of hydrogen-bond acceptors (Lipinski definition) is 1. The van der Waals surface area contributed by atoms with Crippen LogP contribution in [0.3, 0.4) is 0 Å². The molecule has 0 N–H and O–H groups in total. The van der Waals surface area contributed by atoms with Crippen LogP contribution < -0.4 is 0 Å². The minimum Gasteiger partial charge on any atom is -0.324 e. The topological polar surface area (TPSA) is 17.8 Å². The number of para-hydroxylation sites is 1. The Bertz CT molecular complexity index is 596. The average molecular weight is 291 g/mol. The van der Waals surface area contributed by atoms with Gasteiger partial charge in [-0.2, -0.15) is 0 Å². The van der Waals surface area contributed by atoms with E-state index in [1.54, 1.807) is 0 Å². The highest BCUT2D eigenvalue weighted by atomic mass is 35.5. The second-order valence-corrected chi connectivity index (χ2v) is 6.38. The van der Waals surface area contributed by atoms with Crippen LogP contribution >= 0.6 is 11.6 Å². The summed E-state index contributed by atoms with van der Waals surface area (Å²) in [6, 6.07) is 6.94. The van der Waals surface area contributed by atoms with Gasteiger partial charge in [0.15, 0.2) is 0 Å². The number of benzene rings is 1. The lowest BCUT2D eigenvalue weighted by Crippen LogP contribution is -2.20. The van der Waals surface area contributed by atoms with Crippen LogP contribution in [0.5, 0.6) is 0 Å². The molecule has 0 saturated heterocycles. The summed E-state index contributed by atoms with van der Waals surface area (Å²) in [4.78, 5) is 4.78. The van der Waals surface area contributed by atoms with Gasteiger partial charge in [-0.3, -0.25) is 0 Å². The second-order valence-electron chi connectivity index (χ2n) is 6.11. The Hall–Kier alpha value is -1.02. The maximum Gasteiger partial charge on any atom is 0.125 e. The van der Waals surface area contributed by atoms with Gasteiger partial charge in [0, 0.05) is 6.04 Å². The lowest BCUT2D eigenvalue weighted by Gasteiger charge is -2.30. The van der Waals surface area contributed by atoms with Gasteiger partial charge >= 0.3 is 0 Å². The molecule has 1 saturated carbocycles. The maximum atomic E-state index is 6.16. The number of aryl methyl sites for hydroxylation is 1. The third kappa shape index (κ3) is 2.35. The molecule has 2 aromatic rings. The van der Waals surface area contributed by atoms with Gasteiger partial charge in [-0.15, -0.1) is 11.6 Å². The van der Waals surface area contributed by atoms with E-state index in [9.17, 15) is 0 Å². The van der Waals surface area contributed by atoms with Crippen molar-refractivity contribution in [3.8, 4) is 0 Å². The fourth-order valence-electron chi connectivity index (χ4n) is 3.68. The highest BCUT2D eigenvalue weighted by molar-refractivity contribution is 6.16. The van der Waals surface area contributed by atoms with Crippen LogP contribution in [0, 0.1) is 12.8 Å². The Kier molecular flexibility index (Phi) is 4.02. The van der Waals surface area contributed by atoms with Crippen LogP contribution in [-0.4, -0.2) is 9.55 Å². The standard InChI is InChI=1S/C17H23ClN2/c1-12-7-6-10-15-17(12)19-16(11-18)20(15)13(2)14-8-4-3-5-9-14/h6-7,10,13-14H,3-5,8-9,11H2,1-2H3. The molecular formula is C17H23ClN2. The summed E-state index contributed by atoms with van der Waals surface area (Å²) in [5.41, 5.74) is 3.60. The summed E-state index contributed by atoms with van der Waals surface area (Å²) in [6.07, 6.45) is 6.83. The number of imidazole rings is 1. The summed E-state index contributed by atoms with van der Waals surface area (Å²) >= 11 is 6.16. The number of halogens is 1. The summed E-state index contributed by atoms with van der Waals surface area (Å²) in [7, 11) is 0. The Labute approximate surface area is 126 Å². The SMILES string of the molecule is Cc1cccc2c1nc(CCl)n2C(C)C1CCCCC1. The average Bonchev–Trinajstić information content (AvgIpc) is 2.87. The number of nitrogens with zero attached hydrogens (tertiary/aromatic N) is 2. The molecule has 20 heavy (non-hydrogen) atoms. The largest absolute Gasteiger partial charge is 0.324 e. The second kappa shape index (κ2) is 5.77. The van der Waals surface area contributed by atoms with Crippen molar-refractivity contribution in [3.05, 3.63) is 29.6 Å². The Balaban J connectivity index is 2.06. The minimum atomic E-state index is 0.491. The van der Waals surface area contributed by atoms with E-state index in [2.05, 4.69) is 36.6 Å². The van der Waals surface area contributed by atoms with Gasteiger partial charge in [-0.25, -0.2) is 4.98 Å². The number of fused-ring (bicyclic) bond motifs is 1. The molecule has 3 rings (SSSR count). The lowest BCUT2D eigenvalue weighted by molar-refractivity contribution is 0.265. The molecule has 0 spiro atoms. The van der Waals surface area contributed by atoms with Crippen LogP contribution in [0.4, 0.5) is 0 Å². The smallest absolute Gasteiger partial charge is 0.125 e. The Morgan fingerprint density at radius 3 is 2.75 bits per heavy atom. The normalized spacial score (nSPS) is 18.6. The number of rotatable bonds is 3. The van der Waals surface area contributed by atoms with Crippen molar-refractivity contribution in [3.63, 3.8) is 0 Å². The third-order valence-corrected chi connectivity index (χ3v) is 5.09. The fourth-order valence-corrected chi connectivity index (χ4v) is 3.87. The van der Waals surface area contributed by atoms with Crippen LogP contribution in [-0.2, 0) is 5.88 Å². The summed E-state index contributed by atoms with van der Waals surface area (Å²) in [6.45, 7) is 4.47. The molecule has 1 aromatic heterocycles. The molecule has 0 bridgehead atoms. The minimum absolute atomic E-state index is 0.491. The highest BCUT2D eigenvalue weighted by Gasteiger charge is 2.25. The van der Waals surface area contributed by atoms with Crippen molar-refractivity contribution in [1.29, 1.82) is 0 Å². The molecule has 1 atom stereocenters. The molecule has 1 fully saturated rings. The summed E-state index contributed by atoms with van der Waals surface area (Å²) in [5.74, 6) is 2.28. The predicted octanol–water partition coefficient (Wildman–Crippen LogP) is 5.22. The summed E-state index contributed by atoms with van der Waals surface area (Å²) in [5, 5.41) is 0. The van der Waals surface area contributed by atoms with Crippen LogP contribution in [0.15, 0.2) is 18.2 Å². The molecule has 108 valence electrons.